The van der Waals surface area contributed by atoms with Gasteiger partial charge in [-0.1, -0.05) is 0 Å². The van der Waals surface area contributed by atoms with Crippen LogP contribution in [0.4, 0.5) is 28.9 Å². The molecule has 0 aromatic heterocycles. The number of carbonyl (C=O) groups excluding carboxylic acids is 2. The maximum absolute atomic E-state index is 13.6. The van der Waals surface area contributed by atoms with Crippen molar-refractivity contribution in [3.05, 3.63) is 53.1 Å². The Bertz CT molecular complexity index is 901. The van der Waals surface area contributed by atoms with E-state index in [0.29, 0.717) is 5.75 Å². The molecule has 5 nitrogen and oxygen atoms in total. The molecule has 1 unspecified atom stereocenters. The van der Waals surface area contributed by atoms with Gasteiger partial charge < -0.3 is 15.4 Å². The third kappa shape index (κ3) is 3.00. The Labute approximate surface area is 138 Å². The van der Waals surface area contributed by atoms with Gasteiger partial charge in [-0.25, -0.2) is 17.6 Å². The second-order valence-electron chi connectivity index (χ2n) is 5.26. The average molecular weight is 354 g/mol. The molecule has 0 saturated carbocycles. The van der Waals surface area contributed by atoms with Crippen LogP contribution in [-0.4, -0.2) is 17.9 Å². The van der Waals surface area contributed by atoms with E-state index < -0.39 is 46.8 Å². The number of hydrogen-bond acceptors (Lipinski definition) is 3. The van der Waals surface area contributed by atoms with Gasteiger partial charge in [0.25, 0.3) is 11.8 Å². The quantitative estimate of drug-likeness (QED) is 0.494. The van der Waals surface area contributed by atoms with E-state index in [9.17, 15) is 27.2 Å². The summed E-state index contributed by atoms with van der Waals surface area (Å²) in [5.74, 6) is -8.81. The number of carbonyl (C=O) groups is 2. The molecule has 0 aliphatic carbocycles. The molecular weight excluding hydrogens is 344 g/mol. The van der Waals surface area contributed by atoms with E-state index in [4.69, 9.17) is 4.74 Å². The van der Waals surface area contributed by atoms with Crippen molar-refractivity contribution in [2.24, 2.45) is 0 Å². The molecule has 0 bridgehead atoms. The molecule has 25 heavy (non-hydrogen) atoms. The lowest BCUT2D eigenvalue weighted by atomic mass is 10.1. The van der Waals surface area contributed by atoms with Crippen molar-refractivity contribution < 1.29 is 31.9 Å². The van der Waals surface area contributed by atoms with Crippen molar-refractivity contribution in [3.8, 4) is 5.75 Å². The number of anilines is 2. The van der Waals surface area contributed by atoms with Crippen LogP contribution in [0.1, 0.15) is 17.3 Å². The van der Waals surface area contributed by atoms with Gasteiger partial charge in [0.15, 0.2) is 29.4 Å². The molecule has 1 aliphatic rings. The van der Waals surface area contributed by atoms with Crippen LogP contribution in [0.2, 0.25) is 0 Å². The minimum Gasteiger partial charge on any atom is -0.479 e. The highest BCUT2D eigenvalue weighted by Crippen LogP contribution is 2.32. The predicted molar refractivity (Wildman–Crippen MR) is 79.4 cm³/mol. The number of fused-ring (bicyclic) bond motifs is 1. The van der Waals surface area contributed by atoms with E-state index in [2.05, 4.69) is 10.6 Å². The number of benzene rings is 2. The van der Waals surface area contributed by atoms with Crippen LogP contribution in [0.15, 0.2) is 24.3 Å². The Morgan fingerprint density at radius 3 is 2.56 bits per heavy atom. The Hall–Kier alpha value is -3.10. The molecule has 2 aromatic carbocycles. The van der Waals surface area contributed by atoms with Crippen LogP contribution in [0, 0.1) is 23.3 Å². The molecule has 0 spiro atoms. The fourth-order valence-electron chi connectivity index (χ4n) is 2.22. The minimum absolute atomic E-state index is 0.103. The highest BCUT2D eigenvalue weighted by molar-refractivity contribution is 6.05. The molecule has 1 heterocycles. The first-order chi connectivity index (χ1) is 11.8. The zero-order chi connectivity index (χ0) is 18.3. The summed E-state index contributed by atoms with van der Waals surface area (Å²) in [6, 6.07) is 4.41. The van der Waals surface area contributed by atoms with Crippen molar-refractivity contribution in [2.45, 2.75) is 13.0 Å². The second-order valence-corrected chi connectivity index (χ2v) is 5.26. The summed E-state index contributed by atoms with van der Waals surface area (Å²) in [7, 11) is 0. The summed E-state index contributed by atoms with van der Waals surface area (Å²) in [4.78, 5) is 23.6. The topological polar surface area (TPSA) is 67.4 Å². The molecule has 1 atom stereocenters. The van der Waals surface area contributed by atoms with Gasteiger partial charge in [0.1, 0.15) is 5.75 Å². The zero-order valence-electron chi connectivity index (χ0n) is 12.6. The summed E-state index contributed by atoms with van der Waals surface area (Å²) in [6.45, 7) is 1.55. The molecular formula is C16H10F4N2O3. The fraction of sp³-hybridized carbons (Fsp3) is 0.125. The lowest BCUT2D eigenvalue weighted by Gasteiger charge is -2.23. The Morgan fingerprint density at radius 2 is 1.84 bits per heavy atom. The van der Waals surface area contributed by atoms with Gasteiger partial charge in [-0.05, 0) is 31.2 Å². The third-order valence-electron chi connectivity index (χ3n) is 3.52. The first-order valence-corrected chi connectivity index (χ1v) is 7.04. The average Bonchev–Trinajstić information content (AvgIpc) is 2.57. The molecule has 2 amide bonds. The molecule has 0 radical (unpaired) electrons. The molecule has 130 valence electrons. The normalized spacial score (nSPS) is 15.9. The van der Waals surface area contributed by atoms with Crippen molar-refractivity contribution in [2.75, 3.05) is 10.6 Å². The number of hydrogen-bond donors (Lipinski definition) is 2. The number of nitrogens with one attached hydrogen (secondary N) is 2. The van der Waals surface area contributed by atoms with Crippen molar-refractivity contribution in [3.63, 3.8) is 0 Å². The smallest absolute Gasteiger partial charge is 0.265 e. The van der Waals surface area contributed by atoms with E-state index in [0.717, 1.165) is 0 Å². The minimum atomic E-state index is -2.08. The maximum Gasteiger partial charge on any atom is 0.265 e. The van der Waals surface area contributed by atoms with Crippen LogP contribution in [-0.2, 0) is 4.79 Å². The summed E-state index contributed by atoms with van der Waals surface area (Å²) in [5, 5.41) is 4.75. The Kier molecular flexibility index (Phi) is 4.07. The van der Waals surface area contributed by atoms with Crippen LogP contribution in [0.5, 0.6) is 5.75 Å². The van der Waals surface area contributed by atoms with Gasteiger partial charge in [-0.3, -0.25) is 9.59 Å². The van der Waals surface area contributed by atoms with Gasteiger partial charge in [0.2, 0.25) is 0 Å². The van der Waals surface area contributed by atoms with E-state index in [-0.39, 0.29) is 17.4 Å². The molecule has 0 fully saturated rings. The summed E-state index contributed by atoms with van der Waals surface area (Å²) in [6.07, 6.45) is -0.688. The van der Waals surface area contributed by atoms with E-state index in [1.165, 1.54) is 18.2 Å². The molecule has 2 N–H and O–H groups in total. The molecule has 0 saturated heterocycles. The largest absolute Gasteiger partial charge is 0.479 e. The summed E-state index contributed by atoms with van der Waals surface area (Å²) < 4.78 is 58.3. The number of halogens is 4. The van der Waals surface area contributed by atoms with Crippen LogP contribution >= 0.6 is 0 Å². The van der Waals surface area contributed by atoms with Crippen molar-refractivity contribution in [1.29, 1.82) is 0 Å². The molecule has 9 heteroatoms. The lowest BCUT2D eigenvalue weighted by molar-refractivity contribution is -0.122. The molecule has 3 rings (SSSR count). The van der Waals surface area contributed by atoms with Crippen molar-refractivity contribution >= 4 is 23.2 Å². The molecule has 1 aliphatic heterocycles. The van der Waals surface area contributed by atoms with E-state index in [1.807, 2.05) is 0 Å². The summed E-state index contributed by atoms with van der Waals surface area (Å²) >= 11 is 0. The highest BCUT2D eigenvalue weighted by Gasteiger charge is 2.25. The number of rotatable bonds is 2. The first kappa shape index (κ1) is 16.7. The molecule has 2 aromatic rings. The Balaban J connectivity index is 1.88. The third-order valence-corrected chi connectivity index (χ3v) is 3.52. The van der Waals surface area contributed by atoms with Gasteiger partial charge in [-0.15, -0.1) is 0 Å². The fourth-order valence-corrected chi connectivity index (χ4v) is 2.22. The zero-order valence-corrected chi connectivity index (χ0v) is 12.6. The first-order valence-electron chi connectivity index (χ1n) is 7.04. The maximum atomic E-state index is 13.6. The lowest BCUT2D eigenvalue weighted by Crippen LogP contribution is -2.34. The monoisotopic (exact) mass is 354 g/mol. The Morgan fingerprint density at radius 1 is 1.12 bits per heavy atom. The van der Waals surface area contributed by atoms with Crippen LogP contribution in [0.25, 0.3) is 0 Å². The van der Waals surface area contributed by atoms with Gasteiger partial charge in [0, 0.05) is 5.69 Å². The van der Waals surface area contributed by atoms with Crippen molar-refractivity contribution in [1.82, 2.24) is 0 Å². The van der Waals surface area contributed by atoms with E-state index in [1.54, 1.807) is 6.92 Å². The summed E-state index contributed by atoms with van der Waals surface area (Å²) in [5.41, 5.74) is -0.632. The number of ether oxygens (including phenoxy) is 1. The van der Waals surface area contributed by atoms with Crippen LogP contribution < -0.4 is 15.4 Å². The van der Waals surface area contributed by atoms with Crippen LogP contribution in [0.3, 0.4) is 0 Å². The number of amides is 2. The standard InChI is InChI=1S/C16H10F4N2O3/c1-6-15(23)22-10-4-7(2-3-11(10)25-6)21-16(24)8-5-9(17)13(19)14(20)12(8)18/h2-6H,1H3,(H,21,24)(H,22,23). The van der Waals surface area contributed by atoms with Gasteiger partial charge >= 0.3 is 0 Å². The SMILES string of the molecule is CC1Oc2ccc(NC(=O)c3cc(F)c(F)c(F)c3F)cc2NC1=O. The van der Waals surface area contributed by atoms with Gasteiger partial charge in [0.05, 0.1) is 11.3 Å². The van der Waals surface area contributed by atoms with E-state index >= 15 is 0 Å². The second kappa shape index (κ2) is 6.08. The highest BCUT2D eigenvalue weighted by atomic mass is 19.2. The van der Waals surface area contributed by atoms with Gasteiger partial charge in [-0.2, -0.15) is 0 Å². The predicted octanol–water partition coefficient (Wildman–Crippen LogP) is 3.21.